The molecule has 0 aliphatic carbocycles. The van der Waals surface area contributed by atoms with Crippen molar-refractivity contribution in [2.75, 3.05) is 6.54 Å². The van der Waals surface area contributed by atoms with Crippen LogP contribution in [0.1, 0.15) is 11.1 Å². The Bertz CT molecular complexity index is 433. The molecule has 0 fully saturated rings. The van der Waals surface area contributed by atoms with Crippen LogP contribution in [-0.4, -0.2) is 22.8 Å². The van der Waals surface area contributed by atoms with Gasteiger partial charge in [0.05, 0.1) is 0 Å². The van der Waals surface area contributed by atoms with E-state index in [-0.39, 0.29) is 5.56 Å². The van der Waals surface area contributed by atoms with Crippen LogP contribution in [0.2, 0.25) is 0 Å². The number of nitro groups is 1. The van der Waals surface area contributed by atoms with Crippen molar-refractivity contribution >= 4 is 0 Å². The Morgan fingerprint density at radius 1 is 1.35 bits per heavy atom. The van der Waals surface area contributed by atoms with Crippen molar-refractivity contribution in [3.8, 4) is 0 Å². The monoisotopic (exact) mass is 249 g/mol. The molecule has 0 saturated heterocycles. The molecule has 94 valence electrons. The van der Waals surface area contributed by atoms with Crippen LogP contribution in [0.15, 0.2) is 24.3 Å². The Kier molecular flexibility index (Phi) is 3.42. The van der Waals surface area contributed by atoms with E-state index in [0.717, 1.165) is 6.07 Å². The summed E-state index contributed by atoms with van der Waals surface area (Å²) < 4.78 is 38.3. The van der Waals surface area contributed by atoms with Gasteiger partial charge in [-0.2, -0.15) is 13.2 Å². The Balaban J connectivity index is 3.35. The largest absolute Gasteiger partial charge is 0.428 e. The van der Waals surface area contributed by atoms with Crippen molar-refractivity contribution in [3.63, 3.8) is 0 Å². The van der Waals surface area contributed by atoms with Crippen LogP contribution in [0.4, 0.5) is 13.2 Å². The van der Waals surface area contributed by atoms with E-state index in [2.05, 4.69) is 0 Å². The molecule has 0 aliphatic rings. The van der Waals surface area contributed by atoms with E-state index in [0.29, 0.717) is 0 Å². The standard InChI is InChI=1S/C10H10F3NO3/c1-7-4-2-3-5-8(7)9(15,6-14(16)17)10(11,12)13/h2-5,15H,6H2,1H3. The van der Waals surface area contributed by atoms with E-state index in [9.17, 15) is 28.4 Å². The van der Waals surface area contributed by atoms with Crippen LogP contribution in [0, 0.1) is 17.0 Å². The number of nitrogens with zero attached hydrogens (tertiary/aromatic N) is 1. The summed E-state index contributed by atoms with van der Waals surface area (Å²) in [7, 11) is 0. The zero-order chi connectivity index (χ0) is 13.3. The van der Waals surface area contributed by atoms with Gasteiger partial charge in [0.1, 0.15) is 0 Å². The lowest BCUT2D eigenvalue weighted by Gasteiger charge is -2.28. The zero-order valence-corrected chi connectivity index (χ0v) is 8.86. The van der Waals surface area contributed by atoms with E-state index in [1.54, 1.807) is 0 Å². The third-order valence-corrected chi connectivity index (χ3v) is 2.42. The number of halogens is 3. The van der Waals surface area contributed by atoms with E-state index in [4.69, 9.17) is 0 Å². The number of rotatable bonds is 3. The number of hydrogen-bond acceptors (Lipinski definition) is 3. The fraction of sp³-hybridized carbons (Fsp3) is 0.400. The van der Waals surface area contributed by atoms with Gasteiger partial charge < -0.3 is 5.11 Å². The van der Waals surface area contributed by atoms with Crippen molar-refractivity contribution < 1.29 is 23.2 Å². The molecule has 4 nitrogen and oxygen atoms in total. The minimum atomic E-state index is -5.10. The molecule has 0 radical (unpaired) electrons. The quantitative estimate of drug-likeness (QED) is 0.658. The van der Waals surface area contributed by atoms with Crippen LogP contribution in [0.5, 0.6) is 0 Å². The molecule has 0 spiro atoms. The summed E-state index contributed by atoms with van der Waals surface area (Å²) in [6.45, 7) is -0.257. The summed E-state index contributed by atoms with van der Waals surface area (Å²) in [6, 6.07) is 5.17. The number of hydrogen-bond donors (Lipinski definition) is 1. The third kappa shape index (κ3) is 2.55. The zero-order valence-electron chi connectivity index (χ0n) is 8.86. The van der Waals surface area contributed by atoms with Crippen molar-refractivity contribution in [3.05, 3.63) is 45.5 Å². The molecule has 0 saturated carbocycles. The van der Waals surface area contributed by atoms with Crippen LogP contribution in [0.3, 0.4) is 0 Å². The van der Waals surface area contributed by atoms with Crippen LogP contribution >= 0.6 is 0 Å². The van der Waals surface area contributed by atoms with Gasteiger partial charge in [0, 0.05) is 10.5 Å². The lowest BCUT2D eigenvalue weighted by molar-refractivity contribution is -0.519. The minimum Gasteiger partial charge on any atom is -0.371 e. The molecule has 1 unspecified atom stereocenters. The van der Waals surface area contributed by atoms with Crippen LogP contribution in [0.25, 0.3) is 0 Å². The second-order valence-electron chi connectivity index (χ2n) is 3.66. The summed E-state index contributed by atoms with van der Waals surface area (Å²) in [4.78, 5) is 9.11. The van der Waals surface area contributed by atoms with E-state index in [1.807, 2.05) is 0 Å². The first-order valence-electron chi connectivity index (χ1n) is 4.65. The molecule has 0 aliphatic heterocycles. The molecular weight excluding hydrogens is 239 g/mol. The average Bonchev–Trinajstić information content (AvgIpc) is 2.15. The van der Waals surface area contributed by atoms with Gasteiger partial charge in [0.2, 0.25) is 6.54 Å². The van der Waals surface area contributed by atoms with Crippen LogP contribution in [-0.2, 0) is 5.60 Å². The van der Waals surface area contributed by atoms with Gasteiger partial charge in [-0.1, -0.05) is 24.3 Å². The van der Waals surface area contributed by atoms with E-state index >= 15 is 0 Å². The molecule has 1 N–H and O–H groups in total. The fourth-order valence-electron chi connectivity index (χ4n) is 1.55. The fourth-order valence-corrected chi connectivity index (χ4v) is 1.55. The van der Waals surface area contributed by atoms with E-state index < -0.39 is 28.8 Å². The predicted octanol–water partition coefficient (Wildman–Crippen LogP) is 2.02. The van der Waals surface area contributed by atoms with Crippen molar-refractivity contribution in [1.82, 2.24) is 0 Å². The smallest absolute Gasteiger partial charge is 0.371 e. The third-order valence-electron chi connectivity index (χ3n) is 2.42. The average molecular weight is 249 g/mol. The molecular formula is C10H10F3NO3. The normalized spacial score (nSPS) is 15.4. The molecule has 1 aromatic carbocycles. The van der Waals surface area contributed by atoms with Gasteiger partial charge >= 0.3 is 6.18 Å². The lowest BCUT2D eigenvalue weighted by atomic mass is 9.89. The minimum absolute atomic E-state index is 0.147. The maximum absolute atomic E-state index is 12.8. The number of benzene rings is 1. The van der Waals surface area contributed by atoms with E-state index in [1.165, 1.54) is 25.1 Å². The Morgan fingerprint density at radius 3 is 2.29 bits per heavy atom. The maximum Gasteiger partial charge on any atom is 0.428 e. The Morgan fingerprint density at radius 2 is 1.88 bits per heavy atom. The summed E-state index contributed by atoms with van der Waals surface area (Å²) in [6.07, 6.45) is -5.10. The second-order valence-corrected chi connectivity index (χ2v) is 3.66. The number of aryl methyl sites for hydroxylation is 1. The van der Waals surface area contributed by atoms with Gasteiger partial charge in [-0.05, 0) is 12.5 Å². The molecule has 0 bridgehead atoms. The molecule has 1 rings (SSSR count). The summed E-state index contributed by atoms with van der Waals surface area (Å²) in [5.74, 6) is 0. The van der Waals surface area contributed by atoms with Crippen LogP contribution < -0.4 is 0 Å². The van der Waals surface area contributed by atoms with Crippen molar-refractivity contribution in [2.24, 2.45) is 0 Å². The SMILES string of the molecule is Cc1ccccc1C(O)(C[N+](=O)[O-])C(F)(F)F. The summed E-state index contributed by atoms with van der Waals surface area (Å²) in [5, 5.41) is 19.9. The second kappa shape index (κ2) is 4.33. The molecule has 0 aromatic heterocycles. The first kappa shape index (κ1) is 13.4. The number of aliphatic hydroxyl groups is 1. The Labute approximate surface area is 94.8 Å². The maximum atomic E-state index is 12.8. The summed E-state index contributed by atoms with van der Waals surface area (Å²) >= 11 is 0. The van der Waals surface area contributed by atoms with Gasteiger partial charge in [-0.15, -0.1) is 0 Å². The van der Waals surface area contributed by atoms with Gasteiger partial charge in [-0.25, -0.2) is 0 Å². The lowest BCUT2D eigenvalue weighted by Crippen LogP contribution is -2.48. The first-order chi connectivity index (χ1) is 7.68. The van der Waals surface area contributed by atoms with Gasteiger partial charge in [0.25, 0.3) is 5.60 Å². The predicted molar refractivity (Wildman–Crippen MR) is 53.0 cm³/mol. The highest BCUT2D eigenvalue weighted by atomic mass is 19.4. The van der Waals surface area contributed by atoms with Crippen molar-refractivity contribution in [1.29, 1.82) is 0 Å². The molecule has 7 heteroatoms. The highest BCUT2D eigenvalue weighted by Crippen LogP contribution is 2.40. The topological polar surface area (TPSA) is 63.4 Å². The molecule has 1 aromatic rings. The molecule has 0 amide bonds. The van der Waals surface area contributed by atoms with Crippen molar-refractivity contribution in [2.45, 2.75) is 18.7 Å². The molecule has 17 heavy (non-hydrogen) atoms. The van der Waals surface area contributed by atoms with Gasteiger partial charge in [0.15, 0.2) is 0 Å². The highest BCUT2D eigenvalue weighted by molar-refractivity contribution is 5.32. The number of alkyl halides is 3. The van der Waals surface area contributed by atoms with Gasteiger partial charge in [-0.3, -0.25) is 10.1 Å². The molecule has 0 heterocycles. The Hall–Kier alpha value is -1.63. The highest BCUT2D eigenvalue weighted by Gasteiger charge is 2.59. The first-order valence-corrected chi connectivity index (χ1v) is 4.65. The summed E-state index contributed by atoms with van der Waals surface area (Å²) in [5.41, 5.74) is -3.81. The molecule has 1 atom stereocenters.